The van der Waals surface area contributed by atoms with E-state index in [2.05, 4.69) is 25.3 Å². The fraction of sp³-hybridized carbons (Fsp3) is 0.167. The van der Waals surface area contributed by atoms with Crippen LogP contribution >= 0.6 is 11.3 Å². The zero-order valence-electron chi connectivity index (χ0n) is 17.5. The molecule has 0 bridgehead atoms. The Labute approximate surface area is 188 Å². The predicted octanol–water partition coefficient (Wildman–Crippen LogP) is 4.89. The molecule has 3 heterocycles. The Morgan fingerprint density at radius 2 is 1.91 bits per heavy atom. The summed E-state index contributed by atoms with van der Waals surface area (Å²) >= 11 is 1.33. The number of nitrogens with zero attached hydrogens (tertiary/aromatic N) is 3. The Kier molecular flexibility index (Phi) is 5.51. The number of aromatic amines is 1. The van der Waals surface area contributed by atoms with Gasteiger partial charge in [-0.3, -0.25) is 0 Å². The molecular formula is C24H21N5O2S. The maximum atomic E-state index is 12.7. The van der Waals surface area contributed by atoms with E-state index in [-0.39, 0.29) is 12.6 Å². The summed E-state index contributed by atoms with van der Waals surface area (Å²) in [4.78, 5) is 30.7. The van der Waals surface area contributed by atoms with Crippen LogP contribution in [0.1, 0.15) is 26.6 Å². The van der Waals surface area contributed by atoms with Crippen molar-refractivity contribution in [1.29, 1.82) is 0 Å². The van der Waals surface area contributed by atoms with E-state index >= 15 is 0 Å². The Bertz CT molecular complexity index is 1360. The highest BCUT2D eigenvalue weighted by molar-refractivity contribution is 7.20. The number of aryl methyl sites for hydroxylation is 1. The molecule has 160 valence electrons. The van der Waals surface area contributed by atoms with Gasteiger partial charge >= 0.3 is 5.97 Å². The zero-order chi connectivity index (χ0) is 21.9. The zero-order valence-corrected chi connectivity index (χ0v) is 18.3. The van der Waals surface area contributed by atoms with Crippen LogP contribution in [0.2, 0.25) is 0 Å². The van der Waals surface area contributed by atoms with Crippen LogP contribution in [0.5, 0.6) is 0 Å². The summed E-state index contributed by atoms with van der Waals surface area (Å²) in [5.41, 5.74) is 3.76. The molecule has 32 heavy (non-hydrogen) atoms. The number of imidazole rings is 1. The number of anilines is 1. The molecule has 2 N–H and O–H groups in total. The van der Waals surface area contributed by atoms with Crippen LogP contribution in [-0.2, 0) is 17.8 Å². The monoisotopic (exact) mass is 443 g/mol. The van der Waals surface area contributed by atoms with Crippen molar-refractivity contribution in [2.75, 3.05) is 11.9 Å². The highest BCUT2D eigenvalue weighted by atomic mass is 32.1. The van der Waals surface area contributed by atoms with E-state index in [1.165, 1.54) is 17.7 Å². The van der Waals surface area contributed by atoms with Crippen LogP contribution in [0.3, 0.4) is 0 Å². The summed E-state index contributed by atoms with van der Waals surface area (Å²) in [7, 11) is 0. The van der Waals surface area contributed by atoms with E-state index < -0.39 is 0 Å². The topological polar surface area (TPSA) is 92.8 Å². The molecule has 5 aromatic rings. The molecule has 0 saturated heterocycles. The van der Waals surface area contributed by atoms with Gasteiger partial charge in [0.25, 0.3) is 0 Å². The lowest BCUT2D eigenvalue weighted by molar-refractivity contribution is 0.0478. The van der Waals surface area contributed by atoms with Gasteiger partial charge in [-0.2, -0.15) is 0 Å². The minimum absolute atomic E-state index is 0.238. The van der Waals surface area contributed by atoms with Crippen molar-refractivity contribution in [3.8, 4) is 0 Å². The van der Waals surface area contributed by atoms with Gasteiger partial charge in [0.15, 0.2) is 0 Å². The van der Waals surface area contributed by atoms with E-state index in [9.17, 15) is 4.79 Å². The number of ether oxygens (including phenoxy) is 1. The van der Waals surface area contributed by atoms with Gasteiger partial charge in [-0.25, -0.2) is 19.7 Å². The number of para-hydroxylation sites is 2. The molecule has 7 nitrogen and oxygen atoms in total. The Morgan fingerprint density at radius 1 is 1.09 bits per heavy atom. The van der Waals surface area contributed by atoms with Crippen molar-refractivity contribution >= 4 is 44.4 Å². The average molecular weight is 444 g/mol. The molecular weight excluding hydrogens is 422 g/mol. The lowest BCUT2D eigenvalue weighted by atomic mass is 10.2. The molecule has 0 radical (unpaired) electrons. The number of H-pyrrole nitrogens is 1. The smallest absolute Gasteiger partial charge is 0.349 e. The van der Waals surface area contributed by atoms with Crippen molar-refractivity contribution < 1.29 is 9.53 Å². The molecule has 0 amide bonds. The van der Waals surface area contributed by atoms with Crippen molar-refractivity contribution in [3.63, 3.8) is 0 Å². The van der Waals surface area contributed by atoms with Crippen LogP contribution in [0.25, 0.3) is 21.3 Å². The number of esters is 1. The summed E-state index contributed by atoms with van der Waals surface area (Å²) in [5, 5.41) is 4.23. The second-order valence-electron chi connectivity index (χ2n) is 7.40. The van der Waals surface area contributed by atoms with E-state index in [4.69, 9.17) is 4.74 Å². The number of aromatic nitrogens is 4. The first-order chi connectivity index (χ1) is 15.7. The van der Waals surface area contributed by atoms with Crippen molar-refractivity contribution in [3.05, 3.63) is 82.8 Å². The van der Waals surface area contributed by atoms with Gasteiger partial charge in [-0.05, 0) is 30.2 Å². The Hall–Kier alpha value is -3.78. The number of nitrogens with one attached hydrogen (secondary N) is 2. The molecule has 5 rings (SSSR count). The Balaban J connectivity index is 1.30. The van der Waals surface area contributed by atoms with Crippen LogP contribution < -0.4 is 5.32 Å². The fourth-order valence-corrected chi connectivity index (χ4v) is 4.65. The van der Waals surface area contributed by atoms with E-state index in [0.29, 0.717) is 17.2 Å². The summed E-state index contributed by atoms with van der Waals surface area (Å²) < 4.78 is 5.52. The van der Waals surface area contributed by atoms with Gasteiger partial charge in [0.1, 0.15) is 34.3 Å². The van der Waals surface area contributed by atoms with Gasteiger partial charge < -0.3 is 15.0 Å². The molecule has 0 aliphatic heterocycles. The number of carbonyl (C=O) groups excluding carboxylic acids is 1. The third kappa shape index (κ3) is 4.04. The normalized spacial score (nSPS) is 11.2. The van der Waals surface area contributed by atoms with Crippen LogP contribution in [-0.4, -0.2) is 32.4 Å². The minimum atomic E-state index is -0.345. The van der Waals surface area contributed by atoms with E-state index in [1.807, 2.05) is 61.5 Å². The molecule has 0 fully saturated rings. The molecule has 3 aromatic heterocycles. The van der Waals surface area contributed by atoms with Gasteiger partial charge in [-0.1, -0.05) is 42.5 Å². The number of benzene rings is 2. The summed E-state index contributed by atoms with van der Waals surface area (Å²) in [6.45, 7) is 2.79. The molecule has 0 aliphatic rings. The second-order valence-corrected chi connectivity index (χ2v) is 8.40. The molecule has 0 aliphatic carbocycles. The van der Waals surface area contributed by atoms with Gasteiger partial charge in [0, 0.05) is 13.0 Å². The second kappa shape index (κ2) is 8.76. The largest absolute Gasteiger partial charge is 0.457 e. The summed E-state index contributed by atoms with van der Waals surface area (Å²) in [6, 6.07) is 17.6. The highest BCUT2D eigenvalue weighted by Gasteiger charge is 2.20. The fourth-order valence-electron chi connectivity index (χ4n) is 3.61. The van der Waals surface area contributed by atoms with E-state index in [0.717, 1.165) is 44.6 Å². The molecule has 8 heteroatoms. The van der Waals surface area contributed by atoms with Crippen LogP contribution in [0, 0.1) is 6.92 Å². The van der Waals surface area contributed by atoms with Crippen molar-refractivity contribution in [2.45, 2.75) is 20.0 Å². The molecule has 0 saturated carbocycles. The number of fused-ring (bicyclic) bond motifs is 2. The molecule has 0 spiro atoms. The molecule has 2 aromatic carbocycles. The van der Waals surface area contributed by atoms with Crippen molar-refractivity contribution in [2.24, 2.45) is 0 Å². The summed E-state index contributed by atoms with van der Waals surface area (Å²) in [5.74, 6) is 1.28. The lowest BCUT2D eigenvalue weighted by Crippen LogP contribution is -2.08. The first kappa shape index (κ1) is 20.1. The third-order valence-corrected chi connectivity index (χ3v) is 6.40. The maximum Gasteiger partial charge on any atom is 0.349 e. The van der Waals surface area contributed by atoms with Crippen molar-refractivity contribution in [1.82, 2.24) is 19.9 Å². The first-order valence-electron chi connectivity index (χ1n) is 10.3. The van der Waals surface area contributed by atoms with Crippen LogP contribution in [0.4, 0.5) is 5.82 Å². The number of hydrogen-bond donors (Lipinski definition) is 2. The number of hydrogen-bond acceptors (Lipinski definition) is 7. The molecule has 0 unspecified atom stereocenters. The van der Waals surface area contributed by atoms with E-state index in [1.54, 1.807) is 0 Å². The lowest BCUT2D eigenvalue weighted by Gasteiger charge is -2.07. The predicted molar refractivity (Wildman–Crippen MR) is 126 cm³/mol. The third-order valence-electron chi connectivity index (χ3n) is 5.22. The summed E-state index contributed by atoms with van der Waals surface area (Å²) in [6.07, 6.45) is 2.23. The number of rotatable bonds is 7. The quantitative estimate of drug-likeness (QED) is 0.348. The maximum absolute atomic E-state index is 12.7. The first-order valence-corrected chi connectivity index (χ1v) is 11.1. The van der Waals surface area contributed by atoms with Gasteiger partial charge in [0.2, 0.25) is 0 Å². The van der Waals surface area contributed by atoms with Gasteiger partial charge in [0.05, 0.1) is 16.4 Å². The standard InChI is InChI=1S/C24H21N5O2S/c1-15-20-22(25-12-11-19-28-17-9-5-6-10-18(17)29-19)26-14-27-23(20)32-21(15)24(30)31-13-16-7-3-2-4-8-16/h2-10,14H,11-13H2,1H3,(H,28,29)(H,25,26,27). The van der Waals surface area contributed by atoms with Crippen LogP contribution in [0.15, 0.2) is 60.9 Å². The van der Waals surface area contributed by atoms with Gasteiger partial charge in [-0.15, -0.1) is 11.3 Å². The minimum Gasteiger partial charge on any atom is -0.457 e. The Morgan fingerprint density at radius 3 is 2.75 bits per heavy atom. The number of carbonyl (C=O) groups is 1. The highest BCUT2D eigenvalue weighted by Crippen LogP contribution is 2.33. The average Bonchev–Trinajstić information content (AvgIpc) is 3.39. The SMILES string of the molecule is Cc1c(C(=O)OCc2ccccc2)sc2ncnc(NCCc3nc4ccccc4[nH]3)c12. The molecule has 0 atom stereocenters. The number of thiophene rings is 1.